The number of nitriles is 1. The first-order valence-corrected chi connectivity index (χ1v) is 11.2. The fraction of sp³-hybridized carbons (Fsp3) is 0.240. The number of hydrogen-bond acceptors (Lipinski definition) is 6. The molecule has 2 aromatic carbocycles. The van der Waals surface area contributed by atoms with Crippen molar-refractivity contribution >= 4 is 17.7 Å². The Morgan fingerprint density at radius 3 is 2.59 bits per heavy atom. The van der Waals surface area contributed by atoms with Gasteiger partial charge in [0.1, 0.15) is 19.3 Å². The second-order valence-corrected chi connectivity index (χ2v) is 8.01. The summed E-state index contributed by atoms with van der Waals surface area (Å²) in [5.41, 5.74) is 0.180. The molecule has 2 amide bonds. The van der Waals surface area contributed by atoms with Crippen molar-refractivity contribution in [2.24, 2.45) is 0 Å². The van der Waals surface area contributed by atoms with E-state index in [9.17, 15) is 22.8 Å². The number of halogens is 3. The molecule has 1 unspecified atom stereocenters. The first-order valence-electron chi connectivity index (χ1n) is 11.2. The summed E-state index contributed by atoms with van der Waals surface area (Å²) in [5, 5.41) is 15.8. The number of ether oxygens (including phenoxy) is 1. The molecule has 1 atom stereocenters. The van der Waals surface area contributed by atoms with Crippen molar-refractivity contribution in [2.45, 2.75) is 32.1 Å². The highest BCUT2D eigenvalue weighted by Gasteiger charge is 2.39. The summed E-state index contributed by atoms with van der Waals surface area (Å²) in [7, 11) is 0. The molecule has 3 aromatic rings. The molecule has 0 spiro atoms. The first kappa shape index (κ1) is 25.4. The number of urea groups is 1. The third kappa shape index (κ3) is 5.45. The number of amides is 2. The van der Waals surface area contributed by atoms with Crippen LogP contribution in [0.4, 0.5) is 23.7 Å². The van der Waals surface area contributed by atoms with Gasteiger partial charge in [-0.15, -0.1) is 0 Å². The van der Waals surface area contributed by atoms with Gasteiger partial charge in [-0.25, -0.2) is 19.3 Å². The Hall–Kier alpha value is -4.66. The minimum absolute atomic E-state index is 0.0460. The maximum atomic E-state index is 13.4. The number of esters is 1. The molecule has 0 radical (unpaired) electrons. The quantitative estimate of drug-likeness (QED) is 0.473. The molecule has 1 aliphatic heterocycles. The first-order chi connectivity index (χ1) is 17.7. The highest BCUT2D eigenvalue weighted by Crippen LogP contribution is 2.38. The van der Waals surface area contributed by atoms with Crippen molar-refractivity contribution in [3.8, 4) is 6.07 Å². The number of anilines is 1. The molecular formula is C25H21F3N6O3. The van der Waals surface area contributed by atoms with Crippen LogP contribution in [0.15, 0.2) is 72.5 Å². The van der Waals surface area contributed by atoms with Crippen LogP contribution in [0, 0.1) is 11.3 Å². The van der Waals surface area contributed by atoms with Crippen molar-refractivity contribution in [3.05, 3.63) is 89.1 Å². The molecule has 0 aliphatic carbocycles. The number of hydrogen-bond donors (Lipinski definition) is 1. The summed E-state index contributed by atoms with van der Waals surface area (Å²) in [6, 6.07) is 10.9. The highest BCUT2D eigenvalue weighted by molar-refractivity contribution is 6.03. The predicted molar refractivity (Wildman–Crippen MR) is 125 cm³/mol. The SMILES string of the molecule is CCC1=C(C(=O)OCCn2cncn2)C(c2ccc(C#N)cc2)NC(=O)N1c1cccc(C(F)(F)F)c1. The average Bonchev–Trinajstić information content (AvgIpc) is 3.41. The lowest BCUT2D eigenvalue weighted by Gasteiger charge is -2.36. The number of alkyl halides is 3. The van der Waals surface area contributed by atoms with E-state index >= 15 is 0 Å². The summed E-state index contributed by atoms with van der Waals surface area (Å²) in [5.74, 6) is -0.747. The Morgan fingerprint density at radius 2 is 1.97 bits per heavy atom. The van der Waals surface area contributed by atoms with Gasteiger partial charge in [0.15, 0.2) is 0 Å². The van der Waals surface area contributed by atoms with Crippen LogP contribution >= 0.6 is 0 Å². The number of rotatable bonds is 7. The number of benzene rings is 2. The Labute approximate surface area is 209 Å². The lowest BCUT2D eigenvalue weighted by Crippen LogP contribution is -2.49. The fourth-order valence-electron chi connectivity index (χ4n) is 4.01. The number of carbonyl (C=O) groups excluding carboxylic acids is 2. The summed E-state index contributed by atoms with van der Waals surface area (Å²) in [6.45, 7) is 1.86. The monoisotopic (exact) mass is 510 g/mol. The molecule has 0 saturated heterocycles. The lowest BCUT2D eigenvalue weighted by atomic mass is 9.92. The van der Waals surface area contributed by atoms with Crippen LogP contribution in [0.3, 0.4) is 0 Å². The Balaban J connectivity index is 1.77. The normalized spacial score (nSPS) is 15.8. The van der Waals surface area contributed by atoms with E-state index in [1.807, 2.05) is 6.07 Å². The van der Waals surface area contributed by atoms with Gasteiger partial charge >= 0.3 is 18.2 Å². The zero-order valence-electron chi connectivity index (χ0n) is 19.6. The minimum atomic E-state index is -4.62. The van der Waals surface area contributed by atoms with Crippen molar-refractivity contribution < 1.29 is 27.5 Å². The van der Waals surface area contributed by atoms with Gasteiger partial charge in [-0.2, -0.15) is 23.5 Å². The molecule has 37 heavy (non-hydrogen) atoms. The van der Waals surface area contributed by atoms with Gasteiger partial charge < -0.3 is 10.1 Å². The molecule has 0 bridgehead atoms. The highest BCUT2D eigenvalue weighted by atomic mass is 19.4. The minimum Gasteiger partial charge on any atom is -0.460 e. The van der Waals surface area contributed by atoms with Crippen molar-refractivity contribution in [2.75, 3.05) is 11.5 Å². The van der Waals surface area contributed by atoms with Gasteiger partial charge in [0.2, 0.25) is 0 Å². The Morgan fingerprint density at radius 1 is 1.22 bits per heavy atom. The summed E-state index contributed by atoms with van der Waals surface area (Å²) < 4.78 is 47.1. The predicted octanol–water partition coefficient (Wildman–Crippen LogP) is 4.35. The molecule has 1 aromatic heterocycles. The van der Waals surface area contributed by atoms with E-state index in [1.54, 1.807) is 31.2 Å². The number of aromatic nitrogens is 3. The smallest absolute Gasteiger partial charge is 0.416 e. The van der Waals surface area contributed by atoms with Crippen LogP contribution in [0.2, 0.25) is 0 Å². The number of nitrogens with one attached hydrogen (secondary N) is 1. The van der Waals surface area contributed by atoms with Crippen LogP contribution in [0.25, 0.3) is 0 Å². The second-order valence-electron chi connectivity index (χ2n) is 8.01. The molecule has 9 nitrogen and oxygen atoms in total. The van der Waals surface area contributed by atoms with Crippen LogP contribution in [0.1, 0.15) is 36.1 Å². The third-order valence-electron chi connectivity index (χ3n) is 5.72. The topological polar surface area (TPSA) is 113 Å². The van der Waals surface area contributed by atoms with Crippen LogP contribution in [0.5, 0.6) is 0 Å². The Kier molecular flexibility index (Phi) is 7.24. The van der Waals surface area contributed by atoms with Crippen molar-refractivity contribution in [1.82, 2.24) is 20.1 Å². The zero-order valence-corrected chi connectivity index (χ0v) is 19.6. The largest absolute Gasteiger partial charge is 0.460 e. The molecule has 1 N–H and O–H groups in total. The summed E-state index contributed by atoms with van der Waals surface area (Å²) in [6.07, 6.45) is -1.68. The van der Waals surface area contributed by atoms with Gasteiger partial charge in [0.25, 0.3) is 0 Å². The molecule has 1 aliphatic rings. The van der Waals surface area contributed by atoms with E-state index in [1.165, 1.54) is 29.5 Å². The van der Waals surface area contributed by atoms with E-state index in [-0.39, 0.29) is 36.5 Å². The van der Waals surface area contributed by atoms with Crippen LogP contribution in [-0.4, -0.2) is 33.4 Å². The molecular weight excluding hydrogens is 489 g/mol. The summed E-state index contributed by atoms with van der Waals surface area (Å²) >= 11 is 0. The fourth-order valence-corrected chi connectivity index (χ4v) is 4.01. The summed E-state index contributed by atoms with van der Waals surface area (Å²) in [4.78, 5) is 31.5. The van der Waals surface area contributed by atoms with Crippen molar-refractivity contribution in [3.63, 3.8) is 0 Å². The van der Waals surface area contributed by atoms with Crippen LogP contribution in [-0.2, 0) is 22.3 Å². The van der Waals surface area contributed by atoms with Gasteiger partial charge in [0, 0.05) is 5.70 Å². The molecule has 12 heteroatoms. The van der Waals surface area contributed by atoms with Gasteiger partial charge in [0.05, 0.1) is 41.0 Å². The molecule has 2 heterocycles. The standard InChI is InChI=1S/C25H21F3N6O3/c1-2-20-21(23(35)37-11-10-33-15-30-14-31-33)22(17-8-6-16(13-29)7-9-17)32-24(36)34(20)19-5-3-4-18(12-19)25(26,27)28/h3-9,12,14-15,22H,2,10-11H2,1H3,(H,32,36). The van der Waals surface area contributed by atoms with Gasteiger partial charge in [-0.1, -0.05) is 25.1 Å². The van der Waals surface area contributed by atoms with Crippen LogP contribution < -0.4 is 10.2 Å². The van der Waals surface area contributed by atoms with E-state index in [0.717, 1.165) is 17.0 Å². The number of allylic oxidation sites excluding steroid dienone is 1. The van der Waals surface area contributed by atoms with Crippen molar-refractivity contribution in [1.29, 1.82) is 5.26 Å². The molecule has 4 rings (SSSR count). The maximum Gasteiger partial charge on any atom is 0.416 e. The lowest BCUT2D eigenvalue weighted by molar-refractivity contribution is -0.140. The molecule has 0 fully saturated rings. The number of carbonyl (C=O) groups is 2. The molecule has 190 valence electrons. The second kappa shape index (κ2) is 10.5. The van der Waals surface area contributed by atoms with E-state index < -0.39 is 29.8 Å². The zero-order chi connectivity index (χ0) is 26.6. The maximum absolute atomic E-state index is 13.4. The third-order valence-corrected chi connectivity index (χ3v) is 5.72. The Bertz CT molecular complexity index is 1360. The van der Waals surface area contributed by atoms with E-state index in [0.29, 0.717) is 11.1 Å². The van der Waals surface area contributed by atoms with Gasteiger partial charge in [-0.3, -0.25) is 4.90 Å². The van der Waals surface area contributed by atoms with E-state index in [4.69, 9.17) is 10.00 Å². The number of nitrogens with zero attached hydrogens (tertiary/aromatic N) is 5. The van der Waals surface area contributed by atoms with E-state index in [2.05, 4.69) is 15.4 Å². The molecule has 0 saturated carbocycles. The van der Waals surface area contributed by atoms with Gasteiger partial charge in [-0.05, 0) is 42.3 Å². The average molecular weight is 510 g/mol.